The maximum atomic E-state index is 12.7. The molecule has 4 rings (SSSR count). The van der Waals surface area contributed by atoms with Crippen LogP contribution in [-0.4, -0.2) is 27.8 Å². The fourth-order valence-corrected chi connectivity index (χ4v) is 4.94. The van der Waals surface area contributed by atoms with Crippen LogP contribution in [0.3, 0.4) is 0 Å². The average Bonchev–Trinajstić information content (AvgIpc) is 3.49. The normalized spacial score (nSPS) is 17.7. The van der Waals surface area contributed by atoms with Gasteiger partial charge in [-0.2, -0.15) is 0 Å². The molecule has 0 atom stereocenters. The summed E-state index contributed by atoms with van der Waals surface area (Å²) in [6.45, 7) is 2.69. The highest BCUT2D eigenvalue weighted by atomic mass is 35.5. The number of benzene rings is 2. The van der Waals surface area contributed by atoms with Gasteiger partial charge < -0.3 is 9.47 Å². The van der Waals surface area contributed by atoms with E-state index in [9.17, 15) is 4.79 Å². The molecule has 0 N–H and O–H groups in total. The number of rotatable bonds is 7. The number of hydrogen-bond donors (Lipinski definition) is 0. The third-order valence-corrected chi connectivity index (χ3v) is 6.62. The zero-order chi connectivity index (χ0) is 21.3. The Balaban J connectivity index is 1.53. The second-order valence-electron chi connectivity index (χ2n) is 6.95. The smallest absolute Gasteiger partial charge is 0.266 e. The number of thiocarbonyl (C=S) groups is 1. The molecule has 0 radical (unpaired) electrons. The summed E-state index contributed by atoms with van der Waals surface area (Å²) in [5.74, 6) is 1.20. The van der Waals surface area contributed by atoms with Crippen LogP contribution < -0.4 is 9.47 Å². The summed E-state index contributed by atoms with van der Waals surface area (Å²) in [7, 11) is 0. The van der Waals surface area contributed by atoms with Crippen molar-refractivity contribution in [3.8, 4) is 11.5 Å². The molecule has 2 aromatic rings. The summed E-state index contributed by atoms with van der Waals surface area (Å²) >= 11 is 18.9. The lowest BCUT2D eigenvalue weighted by Gasteiger charge is -2.14. The zero-order valence-electron chi connectivity index (χ0n) is 16.2. The van der Waals surface area contributed by atoms with Crippen molar-refractivity contribution in [3.63, 3.8) is 0 Å². The Morgan fingerprint density at radius 3 is 2.67 bits per heavy atom. The lowest BCUT2D eigenvalue weighted by molar-refractivity contribution is -0.122. The van der Waals surface area contributed by atoms with E-state index >= 15 is 0 Å². The zero-order valence-corrected chi connectivity index (χ0v) is 19.3. The molecular weight excluding hydrogens is 461 g/mol. The van der Waals surface area contributed by atoms with Gasteiger partial charge in [0.05, 0.1) is 11.5 Å². The van der Waals surface area contributed by atoms with E-state index in [0.29, 0.717) is 37.4 Å². The molecule has 1 aliphatic carbocycles. The van der Waals surface area contributed by atoms with Crippen molar-refractivity contribution in [2.75, 3.05) is 6.61 Å². The minimum absolute atomic E-state index is 0.0110. The van der Waals surface area contributed by atoms with Crippen LogP contribution >= 0.6 is 47.2 Å². The topological polar surface area (TPSA) is 38.8 Å². The molecule has 2 aromatic carbocycles. The fraction of sp³-hybridized carbons (Fsp3) is 0.273. The van der Waals surface area contributed by atoms with Crippen LogP contribution in [0.25, 0.3) is 6.08 Å². The summed E-state index contributed by atoms with van der Waals surface area (Å²) in [5, 5.41) is 1.13. The number of hydrogen-bond acceptors (Lipinski definition) is 5. The Morgan fingerprint density at radius 2 is 1.97 bits per heavy atom. The molecule has 0 spiro atoms. The summed E-state index contributed by atoms with van der Waals surface area (Å²) in [5.41, 5.74) is 1.68. The number of carbonyl (C=O) groups is 1. The van der Waals surface area contributed by atoms with Gasteiger partial charge in [-0.1, -0.05) is 59.3 Å². The minimum Gasteiger partial charge on any atom is -0.490 e. The number of amides is 1. The van der Waals surface area contributed by atoms with E-state index in [-0.39, 0.29) is 18.6 Å². The number of halogens is 2. The van der Waals surface area contributed by atoms with Crippen LogP contribution in [0.4, 0.5) is 0 Å². The Labute approximate surface area is 195 Å². The molecule has 156 valence electrons. The Bertz CT molecular complexity index is 1040. The monoisotopic (exact) mass is 479 g/mol. The van der Waals surface area contributed by atoms with Gasteiger partial charge in [-0.25, -0.2) is 0 Å². The second-order valence-corrected chi connectivity index (χ2v) is 9.47. The molecule has 8 heteroatoms. The van der Waals surface area contributed by atoms with E-state index in [1.165, 1.54) is 11.8 Å². The molecule has 2 aliphatic rings. The average molecular weight is 480 g/mol. The molecular formula is C22H19Cl2NO3S2. The summed E-state index contributed by atoms with van der Waals surface area (Å²) in [4.78, 5) is 15.0. The number of nitrogens with zero attached hydrogens (tertiary/aromatic N) is 1. The Morgan fingerprint density at radius 1 is 1.17 bits per heavy atom. The summed E-state index contributed by atoms with van der Waals surface area (Å²) < 4.78 is 12.3. The van der Waals surface area contributed by atoms with Gasteiger partial charge in [0.1, 0.15) is 10.9 Å². The molecule has 1 heterocycles. The highest BCUT2D eigenvalue weighted by Crippen LogP contribution is 2.40. The molecule has 1 amide bonds. The van der Waals surface area contributed by atoms with Crippen molar-refractivity contribution in [1.29, 1.82) is 0 Å². The fourth-order valence-electron chi connectivity index (χ4n) is 3.07. The molecule has 0 bridgehead atoms. The van der Waals surface area contributed by atoms with Gasteiger partial charge in [0.15, 0.2) is 11.5 Å². The summed E-state index contributed by atoms with van der Waals surface area (Å²) in [6.07, 6.45) is 3.90. The van der Waals surface area contributed by atoms with Gasteiger partial charge in [-0.3, -0.25) is 9.69 Å². The third-order valence-electron chi connectivity index (χ3n) is 4.70. The van der Waals surface area contributed by atoms with E-state index in [4.69, 9.17) is 44.9 Å². The van der Waals surface area contributed by atoms with Crippen LogP contribution in [-0.2, 0) is 11.4 Å². The number of ether oxygens (including phenoxy) is 2. The molecule has 1 saturated carbocycles. The van der Waals surface area contributed by atoms with E-state index in [1.807, 2.05) is 37.3 Å². The van der Waals surface area contributed by atoms with Gasteiger partial charge in [-0.15, -0.1) is 0 Å². The third kappa shape index (κ3) is 4.78. The number of thioether (sulfide) groups is 1. The standard InChI is InChI=1S/C22H19Cl2NO3S2/c1-2-27-19-9-13(10-20-21(26)25(16-6-7-16)22(29)30-20)3-8-18(19)28-12-14-4-5-15(23)11-17(14)24/h3-5,8-11,16H,2,6-7,12H2,1H3/b20-10-. The van der Waals surface area contributed by atoms with E-state index < -0.39 is 0 Å². The summed E-state index contributed by atoms with van der Waals surface area (Å²) in [6, 6.07) is 11.2. The molecule has 4 nitrogen and oxygen atoms in total. The van der Waals surface area contributed by atoms with Crippen molar-refractivity contribution in [2.45, 2.75) is 32.4 Å². The van der Waals surface area contributed by atoms with Crippen molar-refractivity contribution in [1.82, 2.24) is 4.90 Å². The highest BCUT2D eigenvalue weighted by molar-refractivity contribution is 8.26. The maximum absolute atomic E-state index is 12.7. The van der Waals surface area contributed by atoms with Gasteiger partial charge in [0.25, 0.3) is 5.91 Å². The van der Waals surface area contributed by atoms with E-state index in [1.54, 1.807) is 17.0 Å². The van der Waals surface area contributed by atoms with Gasteiger partial charge in [0, 0.05) is 21.7 Å². The van der Waals surface area contributed by atoms with Crippen LogP contribution in [0.1, 0.15) is 30.9 Å². The second kappa shape index (κ2) is 9.18. The lowest BCUT2D eigenvalue weighted by atomic mass is 10.1. The van der Waals surface area contributed by atoms with Gasteiger partial charge in [0.2, 0.25) is 0 Å². The van der Waals surface area contributed by atoms with Crippen molar-refractivity contribution in [2.24, 2.45) is 0 Å². The van der Waals surface area contributed by atoms with Gasteiger partial charge in [-0.05, 0) is 55.7 Å². The van der Waals surface area contributed by atoms with E-state index in [2.05, 4.69) is 0 Å². The number of carbonyl (C=O) groups excluding carboxylic acids is 1. The Hall–Kier alpha value is -1.73. The Kier molecular flexibility index (Phi) is 6.58. The predicted octanol–water partition coefficient (Wildman–Crippen LogP) is 6.33. The first-order valence-electron chi connectivity index (χ1n) is 9.57. The van der Waals surface area contributed by atoms with Crippen LogP contribution in [0.2, 0.25) is 10.0 Å². The molecule has 30 heavy (non-hydrogen) atoms. The van der Waals surface area contributed by atoms with E-state index in [0.717, 1.165) is 24.0 Å². The molecule has 1 saturated heterocycles. The molecule has 1 aliphatic heterocycles. The largest absolute Gasteiger partial charge is 0.490 e. The quantitative estimate of drug-likeness (QED) is 0.342. The first kappa shape index (κ1) is 21.5. The molecule has 0 aromatic heterocycles. The minimum atomic E-state index is -0.0110. The van der Waals surface area contributed by atoms with Gasteiger partial charge >= 0.3 is 0 Å². The maximum Gasteiger partial charge on any atom is 0.266 e. The SMILES string of the molecule is CCOc1cc(/C=C2\SC(=S)N(C3CC3)C2=O)ccc1OCc1ccc(Cl)cc1Cl. The first-order valence-corrected chi connectivity index (χ1v) is 11.5. The van der Waals surface area contributed by atoms with Crippen LogP contribution in [0.15, 0.2) is 41.3 Å². The molecule has 2 fully saturated rings. The lowest BCUT2D eigenvalue weighted by Crippen LogP contribution is -2.30. The first-order chi connectivity index (χ1) is 14.5. The van der Waals surface area contributed by atoms with Crippen LogP contribution in [0, 0.1) is 0 Å². The van der Waals surface area contributed by atoms with Crippen molar-refractivity contribution < 1.29 is 14.3 Å². The molecule has 0 unspecified atom stereocenters. The van der Waals surface area contributed by atoms with Crippen molar-refractivity contribution >= 4 is 63.5 Å². The predicted molar refractivity (Wildman–Crippen MR) is 126 cm³/mol. The van der Waals surface area contributed by atoms with Crippen LogP contribution in [0.5, 0.6) is 11.5 Å². The van der Waals surface area contributed by atoms with Crippen molar-refractivity contribution in [3.05, 3.63) is 62.5 Å². The highest BCUT2D eigenvalue weighted by Gasteiger charge is 2.41.